The number of sulfone groups is 1. The minimum atomic E-state index is -3.05. The molecule has 0 aliphatic carbocycles. The van der Waals surface area contributed by atoms with Crippen molar-refractivity contribution in [3.05, 3.63) is 28.8 Å². The van der Waals surface area contributed by atoms with Gasteiger partial charge >= 0.3 is 0 Å². The van der Waals surface area contributed by atoms with Gasteiger partial charge in [0.2, 0.25) is 0 Å². The van der Waals surface area contributed by atoms with Gasteiger partial charge in [-0.25, -0.2) is 8.42 Å². The van der Waals surface area contributed by atoms with Crippen molar-refractivity contribution in [2.75, 3.05) is 12.3 Å². The smallest absolute Gasteiger partial charge is 0.252 e. The third kappa shape index (κ3) is 3.43. The molecule has 1 aromatic carbocycles. The molecule has 0 radical (unpaired) electrons. The van der Waals surface area contributed by atoms with E-state index in [0.29, 0.717) is 28.3 Å². The predicted octanol–water partition coefficient (Wildman–Crippen LogP) is 1.94. The summed E-state index contributed by atoms with van der Waals surface area (Å²) in [6, 6.07) is 4.83. The molecule has 0 spiro atoms. The molecule has 1 fully saturated rings. The van der Waals surface area contributed by atoms with Crippen LogP contribution in [0.15, 0.2) is 23.1 Å². The Bertz CT molecular complexity index is 601. The molecule has 104 valence electrons. The van der Waals surface area contributed by atoms with E-state index >= 15 is 0 Å². The predicted molar refractivity (Wildman–Crippen MR) is 77.8 cm³/mol. The third-order valence-corrected chi connectivity index (χ3v) is 6.03. The molecule has 1 heterocycles. The van der Waals surface area contributed by atoms with Gasteiger partial charge in [0.15, 0.2) is 9.84 Å². The first-order valence-corrected chi connectivity index (χ1v) is 8.42. The van der Waals surface area contributed by atoms with E-state index in [1.54, 1.807) is 18.2 Å². The van der Waals surface area contributed by atoms with Crippen molar-refractivity contribution in [1.29, 1.82) is 0 Å². The van der Waals surface area contributed by atoms with Crippen LogP contribution in [0.25, 0.3) is 0 Å². The van der Waals surface area contributed by atoms with Crippen LogP contribution in [-0.4, -0.2) is 31.9 Å². The van der Waals surface area contributed by atoms with Crippen molar-refractivity contribution in [2.24, 2.45) is 0 Å². The third-order valence-electron chi connectivity index (χ3n) is 3.15. The number of hydrogen-bond donors (Lipinski definition) is 2. The number of carbonyl (C=O) groups excluding carboxylic acids is 1. The lowest BCUT2D eigenvalue weighted by Gasteiger charge is -2.11. The Labute approximate surface area is 122 Å². The van der Waals surface area contributed by atoms with Crippen molar-refractivity contribution in [3.63, 3.8) is 0 Å². The lowest BCUT2D eigenvalue weighted by Crippen LogP contribution is -2.34. The van der Waals surface area contributed by atoms with Gasteiger partial charge < -0.3 is 5.32 Å². The second-order valence-electron chi connectivity index (χ2n) is 4.51. The Morgan fingerprint density at radius 3 is 2.84 bits per heavy atom. The summed E-state index contributed by atoms with van der Waals surface area (Å²) in [7, 11) is -3.05. The summed E-state index contributed by atoms with van der Waals surface area (Å²) < 4.78 is 23.3. The van der Waals surface area contributed by atoms with Crippen LogP contribution in [0.4, 0.5) is 0 Å². The molecule has 1 aromatic rings. The average Bonchev–Trinajstić information content (AvgIpc) is 2.68. The van der Waals surface area contributed by atoms with Crippen molar-refractivity contribution in [1.82, 2.24) is 5.32 Å². The maximum Gasteiger partial charge on any atom is 0.252 e. The summed E-state index contributed by atoms with van der Waals surface area (Å²) in [6.07, 6.45) is 1.26. The van der Waals surface area contributed by atoms with Gasteiger partial charge in [-0.2, -0.15) is 0 Å². The number of carbonyl (C=O) groups is 1. The molecule has 4 nitrogen and oxygen atoms in total. The molecule has 0 aromatic heterocycles. The van der Waals surface area contributed by atoms with Gasteiger partial charge in [-0.05, 0) is 31.0 Å². The zero-order valence-corrected chi connectivity index (χ0v) is 12.6. The number of nitrogens with one attached hydrogen (secondary N) is 1. The summed E-state index contributed by atoms with van der Waals surface area (Å²) in [4.78, 5) is 12.6. The van der Waals surface area contributed by atoms with Crippen LogP contribution in [-0.2, 0) is 9.84 Å². The zero-order chi connectivity index (χ0) is 14.0. The summed E-state index contributed by atoms with van der Waals surface area (Å²) >= 11 is 10.1. The quantitative estimate of drug-likeness (QED) is 0.837. The van der Waals surface area contributed by atoms with Crippen LogP contribution in [0.1, 0.15) is 23.2 Å². The molecule has 1 aliphatic heterocycles. The van der Waals surface area contributed by atoms with Crippen molar-refractivity contribution in [3.8, 4) is 0 Å². The number of amides is 1. The van der Waals surface area contributed by atoms with E-state index in [1.807, 2.05) is 0 Å². The lowest BCUT2D eigenvalue weighted by atomic mass is 10.2. The first-order valence-electron chi connectivity index (χ1n) is 5.88. The average molecular weight is 320 g/mol. The molecule has 1 N–H and O–H groups in total. The van der Waals surface area contributed by atoms with Gasteiger partial charge in [-0.1, -0.05) is 11.6 Å². The fraction of sp³-hybridized carbons (Fsp3) is 0.417. The fourth-order valence-corrected chi connectivity index (χ4v) is 4.25. The Morgan fingerprint density at radius 1 is 1.47 bits per heavy atom. The number of benzene rings is 1. The molecule has 1 saturated heterocycles. The molecule has 2 rings (SSSR count). The molecule has 0 bridgehead atoms. The maximum atomic E-state index is 12.0. The molecular formula is C12H14ClNO3S2. The Hall–Kier alpha value is -0.720. The summed E-state index contributed by atoms with van der Waals surface area (Å²) in [5.74, 6) is -0.163. The second kappa shape index (κ2) is 5.73. The highest BCUT2D eigenvalue weighted by molar-refractivity contribution is 7.92. The van der Waals surface area contributed by atoms with Crippen LogP contribution in [0.3, 0.4) is 0 Å². The number of halogens is 1. The highest BCUT2D eigenvalue weighted by Gasteiger charge is 2.31. The molecule has 1 atom stereocenters. The van der Waals surface area contributed by atoms with Gasteiger partial charge in [-0.3, -0.25) is 4.79 Å². The Kier molecular flexibility index (Phi) is 4.43. The van der Waals surface area contributed by atoms with E-state index in [2.05, 4.69) is 17.9 Å². The topological polar surface area (TPSA) is 63.2 Å². The molecule has 1 amide bonds. The molecule has 0 saturated carbocycles. The van der Waals surface area contributed by atoms with Gasteiger partial charge in [0.25, 0.3) is 5.91 Å². The SMILES string of the molecule is O=C(NCC1CCCS1(=O)=O)c1cc(S)ccc1Cl. The van der Waals surface area contributed by atoms with E-state index in [4.69, 9.17) is 11.6 Å². The van der Waals surface area contributed by atoms with Gasteiger partial charge in [0.1, 0.15) is 0 Å². The standard InChI is InChI=1S/C12H14ClNO3S2/c13-11-4-3-8(18)6-10(11)12(15)14-7-9-2-1-5-19(9,16)17/h3-4,6,9,18H,1-2,5,7H2,(H,14,15). The molecule has 1 unspecified atom stereocenters. The van der Waals surface area contributed by atoms with Gasteiger partial charge in [0, 0.05) is 11.4 Å². The minimum absolute atomic E-state index is 0.133. The van der Waals surface area contributed by atoms with Crippen molar-refractivity contribution < 1.29 is 13.2 Å². The number of rotatable bonds is 3. The number of thiol groups is 1. The molecule has 19 heavy (non-hydrogen) atoms. The summed E-state index contributed by atoms with van der Waals surface area (Å²) in [5, 5.41) is 2.47. The van der Waals surface area contributed by atoms with Crippen LogP contribution >= 0.6 is 24.2 Å². The first kappa shape index (κ1) is 14.7. The van der Waals surface area contributed by atoms with E-state index in [1.165, 1.54) is 0 Å². The first-order chi connectivity index (χ1) is 8.90. The Morgan fingerprint density at radius 2 is 2.21 bits per heavy atom. The van der Waals surface area contributed by atoms with E-state index in [-0.39, 0.29) is 18.2 Å². The van der Waals surface area contributed by atoms with Gasteiger partial charge in [-0.15, -0.1) is 12.6 Å². The molecule has 1 aliphatic rings. The Balaban J connectivity index is 2.04. The fourth-order valence-electron chi connectivity index (χ4n) is 2.08. The summed E-state index contributed by atoms with van der Waals surface area (Å²) in [6.45, 7) is 0.133. The monoisotopic (exact) mass is 319 g/mol. The number of hydrogen-bond acceptors (Lipinski definition) is 4. The maximum absolute atomic E-state index is 12.0. The van der Waals surface area contributed by atoms with Gasteiger partial charge in [0.05, 0.1) is 21.6 Å². The van der Waals surface area contributed by atoms with E-state index in [0.717, 1.165) is 0 Å². The largest absolute Gasteiger partial charge is 0.351 e. The summed E-state index contributed by atoms with van der Waals surface area (Å²) in [5.41, 5.74) is 0.310. The van der Waals surface area contributed by atoms with Crippen LogP contribution in [0.5, 0.6) is 0 Å². The highest BCUT2D eigenvalue weighted by Crippen LogP contribution is 2.21. The molecule has 7 heteroatoms. The highest BCUT2D eigenvalue weighted by atomic mass is 35.5. The minimum Gasteiger partial charge on any atom is -0.351 e. The second-order valence-corrected chi connectivity index (χ2v) is 7.83. The van der Waals surface area contributed by atoms with E-state index < -0.39 is 15.1 Å². The van der Waals surface area contributed by atoms with Crippen LogP contribution in [0.2, 0.25) is 5.02 Å². The zero-order valence-electron chi connectivity index (χ0n) is 10.1. The van der Waals surface area contributed by atoms with Crippen molar-refractivity contribution in [2.45, 2.75) is 23.0 Å². The lowest BCUT2D eigenvalue weighted by molar-refractivity contribution is 0.0953. The molecular weight excluding hydrogens is 306 g/mol. The van der Waals surface area contributed by atoms with Crippen LogP contribution < -0.4 is 5.32 Å². The van der Waals surface area contributed by atoms with Crippen molar-refractivity contribution >= 4 is 40.0 Å². The van der Waals surface area contributed by atoms with Crippen LogP contribution in [0, 0.1) is 0 Å². The normalized spacial score (nSPS) is 21.3. The van der Waals surface area contributed by atoms with E-state index in [9.17, 15) is 13.2 Å².